The van der Waals surface area contributed by atoms with Gasteiger partial charge in [0.1, 0.15) is 6.04 Å². The first-order valence-electron chi connectivity index (χ1n) is 5.40. The number of carbonyl (C=O) groups excluding carboxylic acids is 2. The topological polar surface area (TPSA) is 134 Å². The van der Waals surface area contributed by atoms with Crippen molar-refractivity contribution in [2.75, 3.05) is 5.32 Å². The number of nitrogens with zero attached hydrogens (tertiary/aromatic N) is 1. The summed E-state index contributed by atoms with van der Waals surface area (Å²) in [5, 5.41) is 13.4. The van der Waals surface area contributed by atoms with Gasteiger partial charge in [0.25, 0.3) is 0 Å². The van der Waals surface area contributed by atoms with E-state index in [4.69, 9.17) is 10.8 Å². The van der Waals surface area contributed by atoms with Gasteiger partial charge in [-0.1, -0.05) is 0 Å². The van der Waals surface area contributed by atoms with E-state index < -0.39 is 30.4 Å². The number of aromatic nitrogens is 1. The molecule has 0 radical (unpaired) electrons. The SMILES string of the molecule is Cc1ncccc1NC(=O)N[C@H](CC(N)=O)C(=O)O. The number of aliphatic carboxylic acids is 1. The number of rotatable bonds is 5. The van der Waals surface area contributed by atoms with Crippen molar-refractivity contribution in [3.8, 4) is 0 Å². The normalized spacial score (nSPS) is 11.4. The van der Waals surface area contributed by atoms with Gasteiger partial charge in [-0.25, -0.2) is 9.59 Å². The van der Waals surface area contributed by atoms with Crippen molar-refractivity contribution < 1.29 is 19.5 Å². The molecule has 0 saturated heterocycles. The van der Waals surface area contributed by atoms with Crippen LogP contribution in [0.4, 0.5) is 10.5 Å². The first kappa shape index (κ1) is 14.4. The highest BCUT2D eigenvalue weighted by molar-refractivity contribution is 5.94. The number of carboxylic acids is 1. The molecular weight excluding hydrogens is 252 g/mol. The Morgan fingerprint density at radius 3 is 2.68 bits per heavy atom. The van der Waals surface area contributed by atoms with Crippen molar-refractivity contribution in [1.29, 1.82) is 0 Å². The molecule has 8 nitrogen and oxygen atoms in total. The lowest BCUT2D eigenvalue weighted by molar-refractivity contribution is -0.140. The van der Waals surface area contributed by atoms with E-state index >= 15 is 0 Å². The summed E-state index contributed by atoms with van der Waals surface area (Å²) in [7, 11) is 0. The van der Waals surface area contributed by atoms with Gasteiger partial charge in [0.05, 0.1) is 17.8 Å². The van der Waals surface area contributed by atoms with Crippen LogP contribution in [0.1, 0.15) is 12.1 Å². The van der Waals surface area contributed by atoms with E-state index in [1.807, 2.05) is 0 Å². The summed E-state index contributed by atoms with van der Waals surface area (Å²) in [6, 6.07) is 1.13. The number of primary amides is 1. The highest BCUT2D eigenvalue weighted by Crippen LogP contribution is 2.09. The van der Waals surface area contributed by atoms with Gasteiger partial charge in [0.15, 0.2) is 0 Å². The zero-order valence-electron chi connectivity index (χ0n) is 10.2. The number of carboxylic acid groups (broad SMARTS) is 1. The van der Waals surface area contributed by atoms with Crippen molar-refractivity contribution in [3.05, 3.63) is 24.0 Å². The summed E-state index contributed by atoms with van der Waals surface area (Å²) >= 11 is 0. The van der Waals surface area contributed by atoms with Gasteiger partial charge in [-0.3, -0.25) is 9.78 Å². The van der Waals surface area contributed by atoms with Crippen LogP contribution >= 0.6 is 0 Å². The molecular formula is C11H14N4O4. The minimum absolute atomic E-state index is 0.447. The summed E-state index contributed by atoms with van der Waals surface area (Å²) in [6.07, 6.45) is 1.08. The van der Waals surface area contributed by atoms with Crippen LogP contribution in [-0.4, -0.2) is 34.0 Å². The second-order valence-electron chi connectivity index (χ2n) is 3.80. The van der Waals surface area contributed by atoms with Crippen LogP contribution in [0.25, 0.3) is 0 Å². The van der Waals surface area contributed by atoms with Crippen molar-refractivity contribution >= 4 is 23.6 Å². The Hall–Kier alpha value is -2.64. The Bertz CT molecular complexity index is 503. The quantitative estimate of drug-likeness (QED) is 0.587. The Morgan fingerprint density at radius 2 is 2.16 bits per heavy atom. The first-order chi connectivity index (χ1) is 8.90. The zero-order valence-corrected chi connectivity index (χ0v) is 10.2. The maximum atomic E-state index is 11.6. The fourth-order valence-corrected chi connectivity index (χ4v) is 1.33. The van der Waals surface area contributed by atoms with Gasteiger partial charge in [0.2, 0.25) is 5.91 Å². The van der Waals surface area contributed by atoms with Gasteiger partial charge < -0.3 is 21.5 Å². The average molecular weight is 266 g/mol. The van der Waals surface area contributed by atoms with E-state index in [0.717, 1.165) is 0 Å². The second-order valence-corrected chi connectivity index (χ2v) is 3.80. The van der Waals surface area contributed by atoms with E-state index in [1.54, 1.807) is 25.3 Å². The Balaban J connectivity index is 2.65. The monoisotopic (exact) mass is 266 g/mol. The number of urea groups is 1. The van der Waals surface area contributed by atoms with Gasteiger partial charge in [-0.2, -0.15) is 0 Å². The van der Waals surface area contributed by atoms with E-state index in [2.05, 4.69) is 15.6 Å². The lowest BCUT2D eigenvalue weighted by Crippen LogP contribution is -2.45. The number of hydrogen-bond donors (Lipinski definition) is 4. The number of nitrogens with one attached hydrogen (secondary N) is 2. The molecule has 0 aliphatic carbocycles. The van der Waals surface area contributed by atoms with Crippen LogP contribution < -0.4 is 16.4 Å². The first-order valence-corrected chi connectivity index (χ1v) is 5.40. The van der Waals surface area contributed by atoms with Gasteiger partial charge in [-0.05, 0) is 19.1 Å². The Labute approximate surface area is 109 Å². The standard InChI is InChI=1S/C11H14N4O4/c1-6-7(3-2-4-13-6)14-11(19)15-8(10(17)18)5-9(12)16/h2-4,8H,5H2,1H3,(H2,12,16)(H,17,18)(H2,14,15,19)/t8-/m1/s1. The van der Waals surface area contributed by atoms with Crippen LogP contribution in [0.5, 0.6) is 0 Å². The molecule has 0 aliphatic rings. The molecule has 0 unspecified atom stereocenters. The third-order valence-electron chi connectivity index (χ3n) is 2.26. The molecule has 1 aromatic heterocycles. The highest BCUT2D eigenvalue weighted by Gasteiger charge is 2.22. The van der Waals surface area contributed by atoms with Crippen LogP contribution in [0, 0.1) is 6.92 Å². The van der Waals surface area contributed by atoms with E-state index in [-0.39, 0.29) is 0 Å². The van der Waals surface area contributed by atoms with Gasteiger partial charge in [-0.15, -0.1) is 0 Å². The van der Waals surface area contributed by atoms with Crippen molar-refractivity contribution in [2.24, 2.45) is 5.73 Å². The molecule has 0 spiro atoms. The molecule has 0 aliphatic heterocycles. The summed E-state index contributed by atoms with van der Waals surface area (Å²) in [5.41, 5.74) is 5.93. The zero-order chi connectivity index (χ0) is 14.4. The van der Waals surface area contributed by atoms with E-state index in [0.29, 0.717) is 11.4 Å². The maximum absolute atomic E-state index is 11.6. The van der Waals surface area contributed by atoms with Crippen LogP contribution in [0.2, 0.25) is 0 Å². The largest absolute Gasteiger partial charge is 0.480 e. The molecule has 0 fully saturated rings. The molecule has 0 aromatic carbocycles. The summed E-state index contributed by atoms with van der Waals surface area (Å²) in [5.74, 6) is -2.15. The molecule has 3 amide bonds. The van der Waals surface area contributed by atoms with Crippen LogP contribution in [-0.2, 0) is 9.59 Å². The minimum Gasteiger partial charge on any atom is -0.480 e. The minimum atomic E-state index is -1.37. The molecule has 1 aromatic rings. The predicted octanol–water partition coefficient (Wildman–Crippen LogP) is -0.160. The van der Waals surface area contributed by atoms with Gasteiger partial charge >= 0.3 is 12.0 Å². The number of amides is 3. The van der Waals surface area contributed by atoms with Crippen molar-refractivity contribution in [2.45, 2.75) is 19.4 Å². The summed E-state index contributed by atoms with van der Waals surface area (Å²) < 4.78 is 0. The second kappa shape index (κ2) is 6.34. The fourth-order valence-electron chi connectivity index (χ4n) is 1.33. The number of aryl methyl sites for hydroxylation is 1. The number of carbonyl (C=O) groups is 3. The van der Waals surface area contributed by atoms with E-state index in [9.17, 15) is 14.4 Å². The Morgan fingerprint density at radius 1 is 1.47 bits per heavy atom. The fraction of sp³-hybridized carbons (Fsp3) is 0.273. The van der Waals surface area contributed by atoms with Crippen molar-refractivity contribution in [1.82, 2.24) is 10.3 Å². The molecule has 102 valence electrons. The van der Waals surface area contributed by atoms with Crippen LogP contribution in [0.3, 0.4) is 0 Å². The maximum Gasteiger partial charge on any atom is 0.326 e. The number of pyridine rings is 1. The lowest BCUT2D eigenvalue weighted by Gasteiger charge is -2.14. The third-order valence-corrected chi connectivity index (χ3v) is 2.26. The molecule has 0 bridgehead atoms. The van der Waals surface area contributed by atoms with Crippen molar-refractivity contribution in [3.63, 3.8) is 0 Å². The average Bonchev–Trinajstić information content (AvgIpc) is 2.30. The molecule has 1 atom stereocenters. The van der Waals surface area contributed by atoms with Crippen LogP contribution in [0.15, 0.2) is 18.3 Å². The molecule has 8 heteroatoms. The van der Waals surface area contributed by atoms with E-state index in [1.165, 1.54) is 0 Å². The summed E-state index contributed by atoms with van der Waals surface area (Å²) in [4.78, 5) is 37.1. The molecule has 5 N–H and O–H groups in total. The summed E-state index contributed by atoms with van der Waals surface area (Å²) in [6.45, 7) is 1.69. The smallest absolute Gasteiger partial charge is 0.326 e. The number of anilines is 1. The lowest BCUT2D eigenvalue weighted by atomic mass is 10.2. The molecule has 19 heavy (non-hydrogen) atoms. The highest BCUT2D eigenvalue weighted by atomic mass is 16.4. The third kappa shape index (κ3) is 4.62. The molecule has 1 heterocycles. The number of nitrogens with two attached hydrogens (primary N) is 1. The predicted molar refractivity (Wildman–Crippen MR) is 66.4 cm³/mol. The Kier molecular flexibility index (Phi) is 4.81. The molecule has 0 saturated carbocycles. The number of hydrogen-bond acceptors (Lipinski definition) is 4. The van der Waals surface area contributed by atoms with Gasteiger partial charge in [0, 0.05) is 6.20 Å². The molecule has 1 rings (SSSR count).